The zero-order valence-electron chi connectivity index (χ0n) is 15.2. The van der Waals surface area contributed by atoms with Crippen LogP contribution < -0.4 is 5.32 Å². The Morgan fingerprint density at radius 3 is 2.56 bits per heavy atom. The molecule has 1 N–H and O–H groups in total. The van der Waals surface area contributed by atoms with Crippen LogP contribution in [0, 0.1) is 5.82 Å². The fourth-order valence-corrected chi connectivity index (χ4v) is 3.44. The van der Waals surface area contributed by atoms with Gasteiger partial charge in [-0.3, -0.25) is 4.79 Å². The highest BCUT2D eigenvalue weighted by molar-refractivity contribution is 8.00. The lowest BCUT2D eigenvalue weighted by molar-refractivity contribution is -0.120. The number of carbonyl (C=O) groups is 1. The molecule has 3 rings (SSSR count). The molecule has 2 aromatic carbocycles. The molecule has 0 aliphatic heterocycles. The molecule has 0 radical (unpaired) electrons. The van der Waals surface area contributed by atoms with Gasteiger partial charge in [-0.15, -0.1) is 10.2 Å². The predicted molar refractivity (Wildman–Crippen MR) is 105 cm³/mol. The van der Waals surface area contributed by atoms with Crippen LogP contribution in [0.25, 0.3) is 11.4 Å². The number of benzene rings is 2. The molecule has 0 saturated heterocycles. The monoisotopic (exact) mass is 384 g/mol. The summed E-state index contributed by atoms with van der Waals surface area (Å²) in [5, 5.41) is 11.6. The van der Waals surface area contributed by atoms with Crippen molar-refractivity contribution in [2.24, 2.45) is 7.05 Å². The molecule has 27 heavy (non-hydrogen) atoms. The van der Waals surface area contributed by atoms with E-state index in [-0.39, 0.29) is 17.0 Å². The fourth-order valence-electron chi connectivity index (χ4n) is 2.60. The van der Waals surface area contributed by atoms with Gasteiger partial charge in [0.2, 0.25) is 5.91 Å². The van der Waals surface area contributed by atoms with E-state index in [1.54, 1.807) is 12.1 Å². The van der Waals surface area contributed by atoms with Crippen LogP contribution in [0.2, 0.25) is 0 Å². The lowest BCUT2D eigenvalue weighted by Crippen LogP contribution is -2.32. The summed E-state index contributed by atoms with van der Waals surface area (Å²) in [6.07, 6.45) is 0.794. The number of hydrogen-bond donors (Lipinski definition) is 1. The van der Waals surface area contributed by atoms with Crippen LogP contribution in [-0.2, 0) is 18.3 Å². The Labute approximate surface area is 162 Å². The van der Waals surface area contributed by atoms with Gasteiger partial charge in [-0.25, -0.2) is 4.39 Å². The highest BCUT2D eigenvalue weighted by Crippen LogP contribution is 2.25. The standard InChI is InChI=1S/C20H21FN4OS/c1-14(19(26)22-13-12-15-6-4-3-5-7-15)27-20-24-23-18(25(20)2)16-8-10-17(21)11-9-16/h3-11,14H,12-13H2,1-2H3,(H,22,26). The van der Waals surface area contributed by atoms with Crippen molar-refractivity contribution in [1.82, 2.24) is 20.1 Å². The van der Waals surface area contributed by atoms with Crippen LogP contribution in [0.1, 0.15) is 12.5 Å². The second-order valence-electron chi connectivity index (χ2n) is 6.16. The normalized spacial score (nSPS) is 12.0. The van der Waals surface area contributed by atoms with Crippen LogP contribution in [0.15, 0.2) is 59.8 Å². The Morgan fingerprint density at radius 2 is 1.85 bits per heavy atom. The molecule has 1 aromatic heterocycles. The first kappa shape index (κ1) is 19.1. The van der Waals surface area contributed by atoms with Crippen molar-refractivity contribution in [3.05, 3.63) is 66.0 Å². The van der Waals surface area contributed by atoms with Crippen LogP contribution in [0.3, 0.4) is 0 Å². The number of aromatic nitrogens is 3. The summed E-state index contributed by atoms with van der Waals surface area (Å²) in [7, 11) is 1.83. The summed E-state index contributed by atoms with van der Waals surface area (Å²) in [6.45, 7) is 2.43. The molecule has 1 unspecified atom stereocenters. The topological polar surface area (TPSA) is 59.8 Å². The number of amides is 1. The Bertz CT molecular complexity index is 896. The van der Waals surface area contributed by atoms with Gasteiger partial charge < -0.3 is 9.88 Å². The molecule has 0 saturated carbocycles. The minimum absolute atomic E-state index is 0.0396. The van der Waals surface area contributed by atoms with Gasteiger partial charge in [0.05, 0.1) is 5.25 Å². The molecule has 0 aliphatic carbocycles. The molecule has 1 atom stereocenters. The number of hydrogen-bond acceptors (Lipinski definition) is 4. The molecule has 5 nitrogen and oxygen atoms in total. The zero-order chi connectivity index (χ0) is 19.2. The third-order valence-corrected chi connectivity index (χ3v) is 5.28. The first-order valence-corrected chi connectivity index (χ1v) is 9.56. The van der Waals surface area contributed by atoms with E-state index in [9.17, 15) is 9.18 Å². The Balaban J connectivity index is 1.56. The highest BCUT2D eigenvalue weighted by atomic mass is 32.2. The Morgan fingerprint density at radius 1 is 1.15 bits per heavy atom. The number of nitrogens with one attached hydrogen (secondary N) is 1. The van der Waals surface area contributed by atoms with Gasteiger partial charge in [0.15, 0.2) is 11.0 Å². The molecule has 0 fully saturated rings. The van der Waals surface area contributed by atoms with E-state index in [4.69, 9.17) is 0 Å². The van der Waals surface area contributed by atoms with Crippen LogP contribution in [0.5, 0.6) is 0 Å². The minimum Gasteiger partial charge on any atom is -0.355 e. The van der Waals surface area contributed by atoms with Crippen molar-refractivity contribution in [1.29, 1.82) is 0 Å². The average molecular weight is 384 g/mol. The molecule has 0 aliphatic rings. The Kier molecular flexibility index (Phi) is 6.24. The summed E-state index contributed by atoms with van der Waals surface area (Å²) in [6, 6.07) is 16.1. The van der Waals surface area contributed by atoms with E-state index in [1.807, 2.05) is 48.9 Å². The number of nitrogens with zero attached hydrogens (tertiary/aromatic N) is 3. The molecule has 1 amide bonds. The summed E-state index contributed by atoms with van der Waals surface area (Å²) in [4.78, 5) is 12.3. The van der Waals surface area contributed by atoms with E-state index in [1.165, 1.54) is 29.5 Å². The van der Waals surface area contributed by atoms with Crippen LogP contribution >= 0.6 is 11.8 Å². The predicted octanol–water partition coefficient (Wildman–Crippen LogP) is 3.46. The van der Waals surface area contributed by atoms with Crippen molar-refractivity contribution in [3.8, 4) is 11.4 Å². The molecule has 0 spiro atoms. The van der Waals surface area contributed by atoms with E-state index >= 15 is 0 Å². The van der Waals surface area contributed by atoms with Gasteiger partial charge in [0, 0.05) is 19.2 Å². The van der Waals surface area contributed by atoms with Crippen molar-refractivity contribution >= 4 is 17.7 Å². The smallest absolute Gasteiger partial charge is 0.233 e. The molecule has 7 heteroatoms. The summed E-state index contributed by atoms with van der Waals surface area (Å²) < 4.78 is 14.9. The van der Waals surface area contributed by atoms with Gasteiger partial charge in [0.25, 0.3) is 0 Å². The van der Waals surface area contributed by atoms with Crippen LogP contribution in [-0.4, -0.2) is 32.5 Å². The summed E-state index contributed by atoms with van der Waals surface area (Å²) in [5.74, 6) is 0.299. The van der Waals surface area contributed by atoms with Gasteiger partial charge in [-0.2, -0.15) is 0 Å². The van der Waals surface area contributed by atoms with E-state index in [0.717, 1.165) is 12.0 Å². The van der Waals surface area contributed by atoms with Crippen molar-refractivity contribution < 1.29 is 9.18 Å². The van der Waals surface area contributed by atoms with E-state index in [2.05, 4.69) is 15.5 Å². The first-order chi connectivity index (χ1) is 13.0. The average Bonchev–Trinajstić information content (AvgIpc) is 3.03. The first-order valence-electron chi connectivity index (χ1n) is 8.68. The molecule has 1 heterocycles. The minimum atomic E-state index is -0.301. The second kappa shape index (κ2) is 8.81. The van der Waals surface area contributed by atoms with Gasteiger partial charge in [-0.1, -0.05) is 42.1 Å². The second-order valence-corrected chi connectivity index (χ2v) is 7.47. The van der Waals surface area contributed by atoms with Gasteiger partial charge in [0.1, 0.15) is 5.82 Å². The number of thioether (sulfide) groups is 1. The fraction of sp³-hybridized carbons (Fsp3) is 0.250. The van der Waals surface area contributed by atoms with Crippen molar-refractivity contribution in [2.45, 2.75) is 23.8 Å². The van der Waals surface area contributed by atoms with E-state index < -0.39 is 0 Å². The molecular weight excluding hydrogens is 363 g/mol. The zero-order valence-corrected chi connectivity index (χ0v) is 16.0. The van der Waals surface area contributed by atoms with E-state index in [0.29, 0.717) is 17.5 Å². The molecular formula is C20H21FN4OS. The Hall–Kier alpha value is -2.67. The summed E-state index contributed by atoms with van der Waals surface area (Å²) >= 11 is 1.35. The number of rotatable bonds is 7. The van der Waals surface area contributed by atoms with Crippen LogP contribution in [0.4, 0.5) is 4.39 Å². The van der Waals surface area contributed by atoms with Crippen molar-refractivity contribution in [3.63, 3.8) is 0 Å². The maximum absolute atomic E-state index is 13.1. The lowest BCUT2D eigenvalue weighted by atomic mass is 10.1. The van der Waals surface area contributed by atoms with Gasteiger partial charge >= 0.3 is 0 Å². The SMILES string of the molecule is CC(Sc1nnc(-c2ccc(F)cc2)n1C)C(=O)NCCc1ccccc1. The molecule has 0 bridgehead atoms. The lowest BCUT2D eigenvalue weighted by Gasteiger charge is -2.11. The number of carbonyl (C=O) groups excluding carboxylic acids is 1. The maximum Gasteiger partial charge on any atom is 0.233 e. The van der Waals surface area contributed by atoms with Crippen molar-refractivity contribution in [2.75, 3.05) is 6.54 Å². The maximum atomic E-state index is 13.1. The highest BCUT2D eigenvalue weighted by Gasteiger charge is 2.19. The molecule has 140 valence electrons. The largest absolute Gasteiger partial charge is 0.355 e. The number of halogens is 1. The molecule has 3 aromatic rings. The van der Waals surface area contributed by atoms with Gasteiger partial charge in [-0.05, 0) is 43.2 Å². The third kappa shape index (κ3) is 4.95. The quantitative estimate of drug-likeness (QED) is 0.634. The summed E-state index contributed by atoms with van der Waals surface area (Å²) in [5.41, 5.74) is 1.97. The third-order valence-electron chi connectivity index (χ3n) is 4.14.